The molecule has 5 atom stereocenters. The van der Waals surface area contributed by atoms with Crippen LogP contribution >= 0.6 is 0 Å². The standard InChI is InChI=1S/C33H33NO10/c1-40-25-14-8-22(9-15-25)33(21-6-4-3-5-7-21,23-10-16-26(41-2)17-11-23)42-20-28-29(35)30(36)31(37)32(44-28)43-27-18-12-24(13-19-27)34(38)39/h3-19,28-32,35-37H,20H2,1-2H3/t28?,29-,30-,31?,32+/m1/s1. The van der Waals surface area contributed by atoms with Gasteiger partial charge in [0.25, 0.3) is 5.69 Å². The second kappa shape index (κ2) is 13.4. The highest BCUT2D eigenvalue weighted by Gasteiger charge is 2.47. The Bertz CT molecular complexity index is 1470. The minimum atomic E-state index is -1.63. The monoisotopic (exact) mass is 603 g/mol. The minimum Gasteiger partial charge on any atom is -0.497 e. The Labute approximate surface area is 253 Å². The van der Waals surface area contributed by atoms with E-state index >= 15 is 0 Å². The van der Waals surface area contributed by atoms with Crippen molar-refractivity contribution in [3.8, 4) is 17.2 Å². The van der Waals surface area contributed by atoms with Gasteiger partial charge in [0.1, 0.15) is 47.3 Å². The average Bonchev–Trinajstić information content (AvgIpc) is 3.07. The maximum absolute atomic E-state index is 11.0. The number of non-ortho nitro benzene ring substituents is 1. The number of aliphatic hydroxyl groups excluding tert-OH is 3. The molecule has 1 saturated heterocycles. The fourth-order valence-electron chi connectivity index (χ4n) is 5.21. The summed E-state index contributed by atoms with van der Waals surface area (Å²) in [6.45, 7) is -0.238. The molecule has 44 heavy (non-hydrogen) atoms. The molecule has 4 aromatic carbocycles. The van der Waals surface area contributed by atoms with Crippen LogP contribution < -0.4 is 14.2 Å². The fourth-order valence-corrected chi connectivity index (χ4v) is 5.21. The Balaban J connectivity index is 1.50. The maximum atomic E-state index is 11.0. The molecule has 0 radical (unpaired) electrons. The molecule has 0 bridgehead atoms. The summed E-state index contributed by atoms with van der Waals surface area (Å²) in [4.78, 5) is 10.5. The van der Waals surface area contributed by atoms with Crippen molar-refractivity contribution in [2.45, 2.75) is 36.3 Å². The number of methoxy groups -OCH3 is 2. The van der Waals surface area contributed by atoms with E-state index in [0.717, 1.165) is 16.7 Å². The van der Waals surface area contributed by atoms with Crippen LogP contribution in [0.2, 0.25) is 0 Å². The summed E-state index contributed by atoms with van der Waals surface area (Å²) in [5.74, 6) is 1.47. The van der Waals surface area contributed by atoms with Crippen LogP contribution in [-0.4, -0.2) is 71.8 Å². The first kappa shape index (κ1) is 30.9. The Kier molecular flexibility index (Phi) is 9.43. The summed E-state index contributed by atoms with van der Waals surface area (Å²) in [5, 5.41) is 43.4. The maximum Gasteiger partial charge on any atom is 0.269 e. The third-order valence-electron chi connectivity index (χ3n) is 7.61. The highest BCUT2D eigenvalue weighted by Crippen LogP contribution is 2.42. The normalized spacial score (nSPS) is 21.8. The summed E-state index contributed by atoms with van der Waals surface area (Å²) in [7, 11) is 3.16. The summed E-state index contributed by atoms with van der Waals surface area (Å²) in [5.41, 5.74) is 0.912. The molecule has 0 saturated carbocycles. The third kappa shape index (κ3) is 6.23. The molecule has 1 heterocycles. The van der Waals surface area contributed by atoms with E-state index in [-0.39, 0.29) is 18.0 Å². The summed E-state index contributed by atoms with van der Waals surface area (Å²) < 4.78 is 29.2. The van der Waals surface area contributed by atoms with E-state index in [0.29, 0.717) is 11.5 Å². The number of ether oxygens (including phenoxy) is 5. The van der Waals surface area contributed by atoms with Crippen molar-refractivity contribution in [1.82, 2.24) is 0 Å². The van der Waals surface area contributed by atoms with E-state index in [9.17, 15) is 25.4 Å². The molecule has 1 fully saturated rings. The van der Waals surface area contributed by atoms with E-state index < -0.39 is 41.2 Å². The highest BCUT2D eigenvalue weighted by molar-refractivity contribution is 5.49. The van der Waals surface area contributed by atoms with Gasteiger partial charge in [-0.05, 0) is 53.1 Å². The highest BCUT2D eigenvalue weighted by atomic mass is 16.7. The second-order valence-corrected chi connectivity index (χ2v) is 10.2. The zero-order chi connectivity index (χ0) is 31.3. The van der Waals surface area contributed by atoms with Gasteiger partial charge in [0.2, 0.25) is 6.29 Å². The van der Waals surface area contributed by atoms with E-state index in [4.69, 9.17) is 23.7 Å². The van der Waals surface area contributed by atoms with E-state index in [1.807, 2.05) is 78.9 Å². The fraction of sp³-hybridized carbons (Fsp3) is 0.273. The van der Waals surface area contributed by atoms with Crippen LogP contribution in [0.15, 0.2) is 103 Å². The summed E-state index contributed by atoms with van der Waals surface area (Å²) >= 11 is 0. The first-order valence-electron chi connectivity index (χ1n) is 13.9. The first-order chi connectivity index (χ1) is 21.3. The van der Waals surface area contributed by atoms with Crippen LogP contribution in [-0.2, 0) is 15.1 Å². The summed E-state index contributed by atoms with van der Waals surface area (Å²) in [6.07, 6.45) is -7.32. The number of nitro benzene ring substituents is 1. The van der Waals surface area contributed by atoms with E-state index in [1.54, 1.807) is 14.2 Å². The number of benzene rings is 4. The van der Waals surface area contributed by atoms with Gasteiger partial charge in [-0.1, -0.05) is 54.6 Å². The zero-order valence-electron chi connectivity index (χ0n) is 24.1. The number of nitro groups is 1. The average molecular weight is 604 g/mol. The first-order valence-corrected chi connectivity index (χ1v) is 13.9. The number of hydrogen-bond donors (Lipinski definition) is 3. The van der Waals surface area contributed by atoms with Crippen molar-refractivity contribution in [3.63, 3.8) is 0 Å². The van der Waals surface area contributed by atoms with Crippen molar-refractivity contribution in [2.75, 3.05) is 20.8 Å². The lowest BCUT2D eigenvalue weighted by atomic mass is 9.80. The Morgan fingerprint density at radius 2 is 1.20 bits per heavy atom. The molecule has 1 aliphatic heterocycles. The largest absolute Gasteiger partial charge is 0.497 e. The Morgan fingerprint density at radius 1 is 0.705 bits per heavy atom. The number of rotatable bonds is 11. The molecule has 2 unspecified atom stereocenters. The van der Waals surface area contributed by atoms with Gasteiger partial charge >= 0.3 is 0 Å². The molecule has 4 aromatic rings. The molecule has 230 valence electrons. The lowest BCUT2D eigenvalue weighted by Crippen LogP contribution is -2.60. The lowest BCUT2D eigenvalue weighted by molar-refractivity contribution is -0.384. The quantitative estimate of drug-likeness (QED) is 0.131. The van der Waals surface area contributed by atoms with Gasteiger partial charge < -0.3 is 39.0 Å². The number of hydrogen-bond acceptors (Lipinski definition) is 10. The molecule has 0 aromatic heterocycles. The Morgan fingerprint density at radius 3 is 1.70 bits per heavy atom. The minimum absolute atomic E-state index is 0.140. The smallest absolute Gasteiger partial charge is 0.269 e. The topological polar surface area (TPSA) is 150 Å². The predicted molar refractivity (Wildman–Crippen MR) is 159 cm³/mol. The molecular weight excluding hydrogens is 570 g/mol. The molecule has 0 spiro atoms. The van der Waals surface area contributed by atoms with Gasteiger partial charge in [-0.3, -0.25) is 10.1 Å². The molecule has 5 rings (SSSR count). The zero-order valence-corrected chi connectivity index (χ0v) is 24.1. The van der Waals surface area contributed by atoms with Crippen LogP contribution in [0.25, 0.3) is 0 Å². The predicted octanol–water partition coefficient (Wildman–Crippen LogP) is 3.81. The summed E-state index contributed by atoms with van der Waals surface area (Å²) in [6, 6.07) is 29.5. The number of aliphatic hydroxyl groups is 3. The van der Waals surface area contributed by atoms with Gasteiger partial charge in [-0.15, -0.1) is 0 Å². The molecule has 0 amide bonds. The Hall–Kier alpha value is -4.52. The van der Waals surface area contributed by atoms with Crippen molar-refractivity contribution in [2.24, 2.45) is 0 Å². The van der Waals surface area contributed by atoms with Crippen LogP contribution in [0.3, 0.4) is 0 Å². The van der Waals surface area contributed by atoms with Crippen LogP contribution in [0, 0.1) is 10.1 Å². The molecule has 11 nitrogen and oxygen atoms in total. The van der Waals surface area contributed by atoms with Gasteiger partial charge in [0, 0.05) is 12.1 Å². The van der Waals surface area contributed by atoms with Gasteiger partial charge in [-0.25, -0.2) is 0 Å². The van der Waals surface area contributed by atoms with E-state index in [2.05, 4.69) is 0 Å². The molecule has 11 heteroatoms. The van der Waals surface area contributed by atoms with E-state index in [1.165, 1.54) is 24.3 Å². The second-order valence-electron chi connectivity index (χ2n) is 10.2. The van der Waals surface area contributed by atoms with Gasteiger partial charge in [0.05, 0.1) is 25.7 Å². The van der Waals surface area contributed by atoms with Crippen LogP contribution in [0.5, 0.6) is 17.2 Å². The van der Waals surface area contributed by atoms with Crippen molar-refractivity contribution in [3.05, 3.63) is 130 Å². The van der Waals surface area contributed by atoms with Crippen LogP contribution in [0.4, 0.5) is 5.69 Å². The SMILES string of the molecule is COc1ccc(C(OCC2O[C@H](Oc3ccc([N+](=O)[O-])cc3)C(O)[C@H](O)[C@@H]2O)(c2ccccc2)c2ccc(OC)cc2)cc1. The van der Waals surface area contributed by atoms with Crippen molar-refractivity contribution >= 4 is 5.69 Å². The molecule has 1 aliphatic rings. The van der Waals surface area contributed by atoms with Gasteiger partial charge in [-0.2, -0.15) is 0 Å². The van der Waals surface area contributed by atoms with Gasteiger partial charge in [0.15, 0.2) is 0 Å². The van der Waals surface area contributed by atoms with Crippen LogP contribution in [0.1, 0.15) is 16.7 Å². The molecule has 3 N–H and O–H groups in total. The third-order valence-corrected chi connectivity index (χ3v) is 7.61. The van der Waals surface area contributed by atoms with Crippen molar-refractivity contribution in [1.29, 1.82) is 0 Å². The lowest BCUT2D eigenvalue weighted by Gasteiger charge is -2.42. The van der Waals surface area contributed by atoms with Crippen molar-refractivity contribution < 1.29 is 43.9 Å². The molecule has 0 aliphatic carbocycles. The number of nitrogens with zero attached hydrogens (tertiary/aromatic N) is 1. The molecular formula is C33H33NO10.